The fourth-order valence-electron chi connectivity index (χ4n) is 0.317. The molecule has 0 aromatic rings. The van der Waals surface area contributed by atoms with E-state index in [1.807, 2.05) is 6.92 Å². The number of aliphatic hydroxyl groups excluding tert-OH is 1. The molecule has 0 saturated heterocycles. The van der Waals surface area contributed by atoms with Crippen LogP contribution in [0.4, 0.5) is 0 Å². The van der Waals surface area contributed by atoms with E-state index < -0.39 is 9.05 Å². The Labute approximate surface area is 72.8 Å². The van der Waals surface area contributed by atoms with Crippen LogP contribution in [0.3, 0.4) is 0 Å². The lowest BCUT2D eigenvalue weighted by molar-refractivity contribution is 0.318. The van der Waals surface area contributed by atoms with Crippen LogP contribution in [-0.2, 0) is 9.05 Å². The van der Waals surface area contributed by atoms with Crippen LogP contribution in [0.15, 0.2) is 0 Å². The van der Waals surface area contributed by atoms with Crippen LogP contribution in [0.5, 0.6) is 0 Å². The number of aliphatic hydroxyl groups is 1. The number of hydrogen-bond acceptors (Lipinski definition) is 3. The van der Waals surface area contributed by atoms with Crippen LogP contribution in [-0.4, -0.2) is 25.9 Å². The molecule has 1 N–H and O–H groups in total. The van der Waals surface area contributed by atoms with Crippen molar-refractivity contribution >= 4 is 19.7 Å². The molecule has 0 radical (unpaired) electrons. The van der Waals surface area contributed by atoms with E-state index in [0.29, 0.717) is 6.42 Å². The van der Waals surface area contributed by atoms with Crippen molar-refractivity contribution < 1.29 is 13.5 Å². The summed E-state index contributed by atoms with van der Waals surface area (Å²) in [4.78, 5) is 0. The first-order chi connectivity index (χ1) is 4.97. The third-order valence-corrected chi connectivity index (χ3v) is 1.98. The molecule has 0 heterocycles. The Balaban J connectivity index is 0. The molecule has 11 heavy (non-hydrogen) atoms. The SMILES string of the molecule is CCCCS(=O)(=O)Cl.CCO. The van der Waals surface area contributed by atoms with Gasteiger partial charge < -0.3 is 5.11 Å². The number of halogens is 1. The second kappa shape index (κ2) is 8.30. The Morgan fingerprint density at radius 1 is 1.36 bits per heavy atom. The maximum Gasteiger partial charge on any atom is 0.232 e. The van der Waals surface area contributed by atoms with Gasteiger partial charge in [-0.25, -0.2) is 8.42 Å². The zero-order valence-electron chi connectivity index (χ0n) is 6.88. The van der Waals surface area contributed by atoms with E-state index in [0.717, 1.165) is 6.42 Å². The number of hydrogen-bond donors (Lipinski definition) is 1. The Bertz CT molecular complexity index is 153. The Kier molecular flexibility index (Phi) is 10.4. The van der Waals surface area contributed by atoms with E-state index >= 15 is 0 Å². The van der Waals surface area contributed by atoms with Gasteiger partial charge in [-0.2, -0.15) is 0 Å². The topological polar surface area (TPSA) is 54.4 Å². The molecule has 0 aliphatic rings. The van der Waals surface area contributed by atoms with E-state index in [9.17, 15) is 8.42 Å². The predicted octanol–water partition coefficient (Wildman–Crippen LogP) is 1.35. The molecule has 0 amide bonds. The summed E-state index contributed by atoms with van der Waals surface area (Å²) in [7, 11) is 1.67. The summed E-state index contributed by atoms with van der Waals surface area (Å²) in [6.45, 7) is 3.85. The highest BCUT2D eigenvalue weighted by atomic mass is 35.7. The van der Waals surface area contributed by atoms with E-state index in [2.05, 4.69) is 0 Å². The first-order valence-corrected chi connectivity index (χ1v) is 5.99. The summed E-state index contributed by atoms with van der Waals surface area (Å²) in [5.74, 6) is 0.102. The zero-order valence-corrected chi connectivity index (χ0v) is 8.45. The van der Waals surface area contributed by atoms with Gasteiger partial charge in [0, 0.05) is 17.3 Å². The van der Waals surface area contributed by atoms with Crippen molar-refractivity contribution in [3.05, 3.63) is 0 Å². The molecule has 70 valence electrons. The summed E-state index contributed by atoms with van der Waals surface area (Å²) in [6, 6.07) is 0. The van der Waals surface area contributed by atoms with E-state index in [1.165, 1.54) is 0 Å². The molecule has 0 atom stereocenters. The lowest BCUT2D eigenvalue weighted by atomic mass is 10.4. The average Bonchev–Trinajstić information content (AvgIpc) is 1.84. The minimum absolute atomic E-state index is 0.102. The molecule has 5 heteroatoms. The summed E-state index contributed by atoms with van der Waals surface area (Å²) >= 11 is 0. The van der Waals surface area contributed by atoms with E-state index in [-0.39, 0.29) is 12.4 Å². The maximum atomic E-state index is 10.2. The van der Waals surface area contributed by atoms with Gasteiger partial charge in [0.25, 0.3) is 0 Å². The van der Waals surface area contributed by atoms with Crippen molar-refractivity contribution in [3.63, 3.8) is 0 Å². The number of unbranched alkanes of at least 4 members (excludes halogenated alkanes) is 1. The van der Waals surface area contributed by atoms with Gasteiger partial charge in [-0.15, -0.1) is 0 Å². The zero-order chi connectivity index (χ0) is 9.33. The monoisotopic (exact) mass is 202 g/mol. The van der Waals surface area contributed by atoms with Gasteiger partial charge >= 0.3 is 0 Å². The molecule has 0 aliphatic heterocycles. The van der Waals surface area contributed by atoms with Gasteiger partial charge in [0.1, 0.15) is 0 Å². The second-order valence-electron chi connectivity index (χ2n) is 1.91. The molecule has 0 aromatic carbocycles. The largest absolute Gasteiger partial charge is 0.397 e. The first-order valence-electron chi connectivity index (χ1n) is 3.51. The Hall–Kier alpha value is 0.200. The van der Waals surface area contributed by atoms with Crippen LogP contribution < -0.4 is 0 Å². The molecule has 0 saturated carbocycles. The van der Waals surface area contributed by atoms with Gasteiger partial charge in [0.15, 0.2) is 0 Å². The van der Waals surface area contributed by atoms with Crippen LogP contribution in [0.25, 0.3) is 0 Å². The Morgan fingerprint density at radius 3 is 1.82 bits per heavy atom. The van der Waals surface area contributed by atoms with Gasteiger partial charge in [-0.3, -0.25) is 0 Å². The highest BCUT2D eigenvalue weighted by Crippen LogP contribution is 1.99. The molecule has 0 unspecified atom stereocenters. The van der Waals surface area contributed by atoms with Crippen molar-refractivity contribution in [2.24, 2.45) is 0 Å². The lowest BCUT2D eigenvalue weighted by Gasteiger charge is -1.88. The highest BCUT2D eigenvalue weighted by Gasteiger charge is 2.01. The minimum Gasteiger partial charge on any atom is -0.397 e. The van der Waals surface area contributed by atoms with Crippen LogP contribution in [0.2, 0.25) is 0 Å². The molecule has 3 nitrogen and oxygen atoms in total. The third kappa shape index (κ3) is 25.4. The fourth-order valence-corrected chi connectivity index (χ4v) is 1.28. The minimum atomic E-state index is -3.21. The molecule has 0 aliphatic carbocycles. The van der Waals surface area contributed by atoms with Gasteiger partial charge in [-0.1, -0.05) is 13.3 Å². The molecular formula is C6H15ClO3S. The fraction of sp³-hybridized carbons (Fsp3) is 1.00. The molecule has 0 fully saturated rings. The standard InChI is InChI=1S/C4H9ClO2S.C2H6O/c1-2-3-4-8(5,6)7;1-2-3/h2-4H2,1H3;3H,2H2,1H3. The average molecular weight is 203 g/mol. The van der Waals surface area contributed by atoms with Gasteiger partial charge in [0.2, 0.25) is 9.05 Å². The van der Waals surface area contributed by atoms with Gasteiger partial charge in [-0.05, 0) is 13.3 Å². The highest BCUT2D eigenvalue weighted by molar-refractivity contribution is 8.13. The predicted molar refractivity (Wildman–Crippen MR) is 47.3 cm³/mol. The van der Waals surface area contributed by atoms with Crippen molar-refractivity contribution in [1.82, 2.24) is 0 Å². The molecule has 0 bridgehead atoms. The smallest absolute Gasteiger partial charge is 0.232 e. The molecule has 0 rings (SSSR count). The molecule has 0 spiro atoms. The number of rotatable bonds is 3. The Morgan fingerprint density at radius 2 is 1.73 bits per heavy atom. The molecular weight excluding hydrogens is 188 g/mol. The van der Waals surface area contributed by atoms with Crippen LogP contribution in [0.1, 0.15) is 26.7 Å². The van der Waals surface area contributed by atoms with Crippen LogP contribution in [0, 0.1) is 0 Å². The van der Waals surface area contributed by atoms with Crippen molar-refractivity contribution in [2.75, 3.05) is 12.4 Å². The van der Waals surface area contributed by atoms with Crippen molar-refractivity contribution in [3.8, 4) is 0 Å². The molecule has 0 aromatic heterocycles. The van der Waals surface area contributed by atoms with E-state index in [4.69, 9.17) is 15.8 Å². The lowest BCUT2D eigenvalue weighted by Crippen LogP contribution is -1.94. The van der Waals surface area contributed by atoms with Crippen molar-refractivity contribution in [1.29, 1.82) is 0 Å². The first kappa shape index (κ1) is 13.8. The maximum absolute atomic E-state index is 10.2. The third-order valence-electron chi connectivity index (χ3n) is 0.742. The summed E-state index contributed by atoms with van der Waals surface area (Å²) in [5.41, 5.74) is 0. The summed E-state index contributed by atoms with van der Waals surface area (Å²) in [6.07, 6.45) is 1.53. The van der Waals surface area contributed by atoms with Crippen molar-refractivity contribution in [2.45, 2.75) is 26.7 Å². The normalized spacial score (nSPS) is 10.2. The summed E-state index contributed by atoms with van der Waals surface area (Å²) < 4.78 is 20.3. The van der Waals surface area contributed by atoms with E-state index in [1.54, 1.807) is 6.92 Å². The van der Waals surface area contributed by atoms with Gasteiger partial charge in [0.05, 0.1) is 5.75 Å². The second-order valence-corrected chi connectivity index (χ2v) is 4.81. The quantitative estimate of drug-likeness (QED) is 0.703. The summed E-state index contributed by atoms with van der Waals surface area (Å²) in [5, 5.41) is 7.57. The van der Waals surface area contributed by atoms with Crippen LogP contribution >= 0.6 is 10.7 Å².